The minimum atomic E-state index is -0.354. The predicted molar refractivity (Wildman–Crippen MR) is 58.2 cm³/mol. The van der Waals surface area contributed by atoms with E-state index in [1.165, 1.54) is 11.8 Å². The fourth-order valence-corrected chi connectivity index (χ4v) is 1.75. The lowest BCUT2D eigenvalue weighted by Crippen LogP contribution is -2.11. The number of nitrogens with two attached hydrogens (primary N) is 1. The van der Waals surface area contributed by atoms with Crippen molar-refractivity contribution in [3.63, 3.8) is 0 Å². The molecule has 2 aromatic rings. The molecule has 0 saturated heterocycles. The van der Waals surface area contributed by atoms with Gasteiger partial charge in [-0.25, -0.2) is 4.79 Å². The SMILES string of the molecule is COC(=O)c1c(C)n(N)c2ccccc12. The molecule has 0 saturated carbocycles. The topological polar surface area (TPSA) is 57.2 Å². The van der Waals surface area contributed by atoms with Crippen LogP contribution in [0.1, 0.15) is 16.1 Å². The van der Waals surface area contributed by atoms with Gasteiger partial charge in [0.15, 0.2) is 0 Å². The average molecular weight is 204 g/mol. The van der Waals surface area contributed by atoms with Gasteiger partial charge in [-0.2, -0.15) is 0 Å². The van der Waals surface area contributed by atoms with E-state index >= 15 is 0 Å². The maximum atomic E-state index is 11.6. The third-order valence-electron chi connectivity index (χ3n) is 2.55. The first-order valence-electron chi connectivity index (χ1n) is 4.60. The summed E-state index contributed by atoms with van der Waals surface area (Å²) in [6, 6.07) is 7.48. The lowest BCUT2D eigenvalue weighted by Gasteiger charge is -1.99. The Balaban J connectivity index is 2.83. The number of nitrogens with zero attached hydrogens (tertiary/aromatic N) is 1. The number of carbonyl (C=O) groups excluding carboxylic acids is 1. The molecule has 0 atom stereocenters. The Labute approximate surface area is 87.2 Å². The Kier molecular flexibility index (Phi) is 2.11. The molecular weight excluding hydrogens is 192 g/mol. The second kappa shape index (κ2) is 3.31. The van der Waals surface area contributed by atoms with Gasteiger partial charge in [-0.05, 0) is 13.0 Å². The maximum Gasteiger partial charge on any atom is 0.340 e. The molecule has 78 valence electrons. The summed E-state index contributed by atoms with van der Waals surface area (Å²) in [5, 5.41) is 0.823. The molecule has 15 heavy (non-hydrogen) atoms. The first-order valence-corrected chi connectivity index (χ1v) is 4.60. The molecule has 1 aromatic carbocycles. The largest absolute Gasteiger partial charge is 0.465 e. The van der Waals surface area contributed by atoms with Gasteiger partial charge in [-0.3, -0.25) is 4.68 Å². The van der Waals surface area contributed by atoms with Crippen molar-refractivity contribution >= 4 is 16.9 Å². The molecule has 0 radical (unpaired) electrons. The number of carbonyl (C=O) groups is 1. The van der Waals surface area contributed by atoms with Crippen LogP contribution in [-0.4, -0.2) is 17.8 Å². The standard InChI is InChI=1S/C11H12N2O2/c1-7-10(11(14)15-2)8-5-3-4-6-9(8)13(7)12/h3-6H,12H2,1-2H3. The van der Waals surface area contributed by atoms with Crippen LogP contribution in [0.5, 0.6) is 0 Å². The number of hydrogen-bond acceptors (Lipinski definition) is 3. The second-order valence-electron chi connectivity index (χ2n) is 3.34. The zero-order valence-electron chi connectivity index (χ0n) is 8.65. The highest BCUT2D eigenvalue weighted by Gasteiger charge is 2.18. The molecule has 0 aliphatic heterocycles. The molecular formula is C11H12N2O2. The molecule has 2 N–H and O–H groups in total. The molecule has 2 rings (SSSR count). The Morgan fingerprint density at radius 2 is 2.07 bits per heavy atom. The van der Waals surface area contributed by atoms with E-state index in [0.717, 1.165) is 10.9 Å². The Morgan fingerprint density at radius 3 is 2.73 bits per heavy atom. The summed E-state index contributed by atoms with van der Waals surface area (Å²) < 4.78 is 6.23. The monoisotopic (exact) mass is 204 g/mol. The summed E-state index contributed by atoms with van der Waals surface area (Å²) in [5.74, 6) is 5.49. The fourth-order valence-electron chi connectivity index (χ4n) is 1.75. The molecule has 0 amide bonds. The molecule has 0 aliphatic carbocycles. The van der Waals surface area contributed by atoms with Crippen LogP contribution in [0.25, 0.3) is 10.9 Å². The van der Waals surface area contributed by atoms with Gasteiger partial charge < -0.3 is 10.6 Å². The maximum absolute atomic E-state index is 11.6. The van der Waals surface area contributed by atoms with Gasteiger partial charge in [0.1, 0.15) is 0 Å². The summed E-state index contributed by atoms with van der Waals surface area (Å²) in [6.45, 7) is 1.80. The highest BCUT2D eigenvalue weighted by atomic mass is 16.5. The van der Waals surface area contributed by atoms with E-state index in [4.69, 9.17) is 10.6 Å². The molecule has 1 heterocycles. The quantitative estimate of drug-likeness (QED) is 0.565. The van der Waals surface area contributed by atoms with Gasteiger partial charge in [0.25, 0.3) is 0 Å². The van der Waals surface area contributed by atoms with Gasteiger partial charge in [-0.1, -0.05) is 18.2 Å². The minimum Gasteiger partial charge on any atom is -0.465 e. The number of ether oxygens (including phenoxy) is 1. The Hall–Kier alpha value is -1.97. The van der Waals surface area contributed by atoms with Crippen LogP contribution in [0.4, 0.5) is 0 Å². The Morgan fingerprint density at radius 1 is 1.40 bits per heavy atom. The molecule has 0 fully saturated rings. The van der Waals surface area contributed by atoms with Crippen molar-refractivity contribution in [1.29, 1.82) is 0 Å². The number of esters is 1. The van der Waals surface area contributed by atoms with Crippen LogP contribution in [0, 0.1) is 6.92 Å². The number of fused-ring (bicyclic) bond motifs is 1. The summed E-state index contributed by atoms with van der Waals surface area (Å²) in [6.07, 6.45) is 0. The van der Waals surface area contributed by atoms with E-state index in [0.29, 0.717) is 11.3 Å². The van der Waals surface area contributed by atoms with E-state index < -0.39 is 0 Å². The lowest BCUT2D eigenvalue weighted by atomic mass is 10.1. The normalized spacial score (nSPS) is 10.5. The van der Waals surface area contributed by atoms with Crippen LogP contribution < -0.4 is 5.84 Å². The highest BCUT2D eigenvalue weighted by Crippen LogP contribution is 2.24. The third kappa shape index (κ3) is 1.26. The number of hydrogen-bond donors (Lipinski definition) is 1. The van der Waals surface area contributed by atoms with Crippen molar-refractivity contribution in [2.24, 2.45) is 0 Å². The smallest absolute Gasteiger partial charge is 0.340 e. The van der Waals surface area contributed by atoms with Crippen molar-refractivity contribution in [1.82, 2.24) is 4.68 Å². The van der Waals surface area contributed by atoms with E-state index in [1.54, 1.807) is 6.92 Å². The van der Waals surface area contributed by atoms with E-state index in [2.05, 4.69) is 0 Å². The summed E-state index contributed by atoms with van der Waals surface area (Å²) >= 11 is 0. The number of rotatable bonds is 1. The number of benzene rings is 1. The van der Waals surface area contributed by atoms with E-state index in [9.17, 15) is 4.79 Å². The van der Waals surface area contributed by atoms with Gasteiger partial charge in [0, 0.05) is 5.39 Å². The third-order valence-corrected chi connectivity index (χ3v) is 2.55. The zero-order valence-corrected chi connectivity index (χ0v) is 8.65. The van der Waals surface area contributed by atoms with Crippen molar-refractivity contribution in [2.45, 2.75) is 6.92 Å². The number of nitrogen functional groups attached to an aromatic ring is 1. The summed E-state index contributed by atoms with van der Waals surface area (Å²) in [5.41, 5.74) is 2.08. The molecule has 0 bridgehead atoms. The fraction of sp³-hybridized carbons (Fsp3) is 0.182. The summed E-state index contributed by atoms with van der Waals surface area (Å²) in [7, 11) is 1.37. The molecule has 0 spiro atoms. The first kappa shape index (κ1) is 9.58. The highest BCUT2D eigenvalue weighted by molar-refractivity contribution is 6.05. The van der Waals surface area contributed by atoms with E-state index in [-0.39, 0.29) is 5.97 Å². The van der Waals surface area contributed by atoms with Crippen molar-refractivity contribution in [2.75, 3.05) is 13.0 Å². The number of para-hydroxylation sites is 1. The van der Waals surface area contributed by atoms with Gasteiger partial charge in [0.2, 0.25) is 0 Å². The second-order valence-corrected chi connectivity index (χ2v) is 3.34. The van der Waals surface area contributed by atoms with Gasteiger partial charge in [0.05, 0.1) is 23.9 Å². The lowest BCUT2D eigenvalue weighted by molar-refractivity contribution is 0.0602. The van der Waals surface area contributed by atoms with Crippen molar-refractivity contribution in [3.05, 3.63) is 35.5 Å². The van der Waals surface area contributed by atoms with Gasteiger partial charge >= 0.3 is 5.97 Å². The zero-order chi connectivity index (χ0) is 11.0. The molecule has 0 unspecified atom stereocenters. The van der Waals surface area contributed by atoms with Crippen molar-refractivity contribution < 1.29 is 9.53 Å². The minimum absolute atomic E-state index is 0.354. The van der Waals surface area contributed by atoms with Crippen LogP contribution in [0.2, 0.25) is 0 Å². The van der Waals surface area contributed by atoms with Crippen molar-refractivity contribution in [3.8, 4) is 0 Å². The van der Waals surface area contributed by atoms with E-state index in [1.807, 2.05) is 24.3 Å². The number of aromatic nitrogens is 1. The molecule has 4 heteroatoms. The number of methoxy groups -OCH3 is 1. The van der Waals surface area contributed by atoms with Crippen LogP contribution in [0.3, 0.4) is 0 Å². The average Bonchev–Trinajstić information content (AvgIpc) is 2.52. The van der Waals surface area contributed by atoms with Gasteiger partial charge in [-0.15, -0.1) is 0 Å². The van der Waals surface area contributed by atoms with Crippen LogP contribution >= 0.6 is 0 Å². The molecule has 0 aliphatic rings. The predicted octanol–water partition coefficient (Wildman–Crippen LogP) is 1.45. The summed E-state index contributed by atoms with van der Waals surface area (Å²) in [4.78, 5) is 11.6. The Bertz CT molecular complexity index is 529. The van der Waals surface area contributed by atoms with Crippen LogP contribution in [-0.2, 0) is 4.74 Å². The molecule has 1 aromatic heterocycles. The molecule has 4 nitrogen and oxygen atoms in total. The van der Waals surface area contributed by atoms with Crippen LogP contribution in [0.15, 0.2) is 24.3 Å². The first-order chi connectivity index (χ1) is 7.16.